The first-order chi connectivity index (χ1) is 15.0. The Kier molecular flexibility index (Phi) is 6.95. The van der Waals surface area contributed by atoms with E-state index in [4.69, 9.17) is 11.6 Å². The average molecular weight is 460 g/mol. The maximum atomic E-state index is 13.3. The standard InChI is InChI=1S/C16H13ClFN3O.C7H14N2O/c1-9(2)12-6-15(10-3-4-14(18)13(17)5-10)20-21-7-11(8-22)19-16(12)21;1-7(2)6(10)8-4-5-9(7)3/h3-9H,1-2H3;4-5H2,1-3H3,(H,8,10). The van der Waals surface area contributed by atoms with Gasteiger partial charge in [-0.2, -0.15) is 5.10 Å². The van der Waals surface area contributed by atoms with Gasteiger partial charge in [-0.1, -0.05) is 25.4 Å². The highest BCUT2D eigenvalue weighted by Gasteiger charge is 2.34. The van der Waals surface area contributed by atoms with Crippen molar-refractivity contribution in [1.82, 2.24) is 24.8 Å². The van der Waals surface area contributed by atoms with E-state index in [0.717, 1.165) is 18.7 Å². The second-order valence-corrected chi connectivity index (χ2v) is 8.96. The molecule has 3 heterocycles. The Morgan fingerprint density at radius 1 is 1.28 bits per heavy atom. The number of halogens is 2. The van der Waals surface area contributed by atoms with Crippen LogP contribution in [0.1, 0.15) is 49.7 Å². The van der Waals surface area contributed by atoms with Crippen molar-refractivity contribution in [3.05, 3.63) is 52.6 Å². The van der Waals surface area contributed by atoms with Gasteiger partial charge in [0.05, 0.1) is 22.5 Å². The second-order valence-electron chi connectivity index (χ2n) is 8.56. The lowest BCUT2D eigenvalue weighted by atomic mass is 10.0. The fraction of sp³-hybridized carbons (Fsp3) is 0.391. The predicted molar refractivity (Wildman–Crippen MR) is 123 cm³/mol. The fourth-order valence-electron chi connectivity index (χ4n) is 3.30. The summed E-state index contributed by atoms with van der Waals surface area (Å²) in [5.41, 5.74) is 2.96. The molecule has 1 fully saturated rings. The normalized spacial score (nSPS) is 15.9. The van der Waals surface area contributed by atoms with E-state index in [1.165, 1.54) is 12.1 Å². The zero-order valence-electron chi connectivity index (χ0n) is 18.8. The number of hydrogen-bond acceptors (Lipinski definition) is 5. The number of benzene rings is 1. The average Bonchev–Trinajstić information content (AvgIpc) is 3.17. The summed E-state index contributed by atoms with van der Waals surface area (Å²) in [4.78, 5) is 28.4. The second kappa shape index (κ2) is 9.34. The quantitative estimate of drug-likeness (QED) is 0.600. The molecule has 0 spiro atoms. The first kappa shape index (κ1) is 23.8. The van der Waals surface area contributed by atoms with E-state index in [9.17, 15) is 14.0 Å². The van der Waals surface area contributed by atoms with Gasteiger partial charge >= 0.3 is 0 Å². The highest BCUT2D eigenvalue weighted by atomic mass is 35.5. The molecule has 2 aromatic heterocycles. The molecule has 1 aromatic carbocycles. The van der Waals surface area contributed by atoms with Crippen LogP contribution in [0.25, 0.3) is 16.9 Å². The van der Waals surface area contributed by atoms with Crippen molar-refractivity contribution in [2.45, 2.75) is 39.2 Å². The van der Waals surface area contributed by atoms with Crippen LogP contribution in [0.15, 0.2) is 30.5 Å². The Morgan fingerprint density at radius 2 is 2.00 bits per heavy atom. The number of nitrogens with zero attached hydrogens (tertiary/aromatic N) is 4. The summed E-state index contributed by atoms with van der Waals surface area (Å²) in [5.74, 6) is -0.148. The summed E-state index contributed by atoms with van der Waals surface area (Å²) < 4.78 is 14.9. The van der Waals surface area contributed by atoms with Crippen LogP contribution in [0.5, 0.6) is 0 Å². The SMILES string of the molecule is CC(C)c1cc(-c2ccc(F)c(Cl)c2)nn2cc(C=O)nc12.CN1CCNC(=O)C1(C)C. The molecule has 1 saturated heterocycles. The molecular formula is C23H27ClFN5O2. The van der Waals surface area contributed by atoms with Crippen molar-refractivity contribution >= 4 is 29.4 Å². The third kappa shape index (κ3) is 4.81. The van der Waals surface area contributed by atoms with Crippen molar-refractivity contribution in [1.29, 1.82) is 0 Å². The van der Waals surface area contributed by atoms with Crippen molar-refractivity contribution in [2.75, 3.05) is 20.1 Å². The molecule has 1 amide bonds. The molecule has 1 N–H and O–H groups in total. The van der Waals surface area contributed by atoms with Crippen molar-refractivity contribution in [2.24, 2.45) is 0 Å². The van der Waals surface area contributed by atoms with Crippen LogP contribution in [0, 0.1) is 5.82 Å². The summed E-state index contributed by atoms with van der Waals surface area (Å²) >= 11 is 5.84. The van der Waals surface area contributed by atoms with Gasteiger partial charge in [0.25, 0.3) is 0 Å². The smallest absolute Gasteiger partial charge is 0.239 e. The molecule has 1 aliphatic rings. The highest BCUT2D eigenvalue weighted by molar-refractivity contribution is 6.31. The molecule has 3 aromatic rings. The number of imidazole rings is 1. The van der Waals surface area contributed by atoms with Crippen LogP contribution in [0.3, 0.4) is 0 Å². The van der Waals surface area contributed by atoms with Crippen LogP contribution < -0.4 is 5.32 Å². The lowest BCUT2D eigenvalue weighted by Crippen LogP contribution is -2.60. The number of carbonyl (C=O) groups excluding carboxylic acids is 2. The van der Waals surface area contributed by atoms with E-state index in [1.54, 1.807) is 16.8 Å². The molecule has 0 radical (unpaired) electrons. The Morgan fingerprint density at radius 3 is 2.56 bits per heavy atom. The largest absolute Gasteiger partial charge is 0.353 e. The van der Waals surface area contributed by atoms with Gasteiger partial charge in [0.2, 0.25) is 5.91 Å². The summed E-state index contributed by atoms with van der Waals surface area (Å²) in [6.45, 7) is 9.65. The third-order valence-corrected chi connectivity index (χ3v) is 5.96. The molecule has 4 rings (SSSR count). The van der Waals surface area contributed by atoms with E-state index < -0.39 is 5.82 Å². The van der Waals surface area contributed by atoms with Crippen LogP contribution >= 0.6 is 11.6 Å². The number of nitrogens with one attached hydrogen (secondary N) is 1. The Labute approximate surface area is 191 Å². The Bertz CT molecular complexity index is 1160. The van der Waals surface area contributed by atoms with Crippen LogP contribution in [-0.2, 0) is 4.79 Å². The Hall–Kier alpha value is -2.84. The zero-order chi connectivity index (χ0) is 23.6. The van der Waals surface area contributed by atoms with E-state index in [0.29, 0.717) is 28.9 Å². The van der Waals surface area contributed by atoms with E-state index in [-0.39, 0.29) is 22.4 Å². The number of piperazine rings is 1. The number of hydrogen-bond donors (Lipinski definition) is 1. The highest BCUT2D eigenvalue weighted by Crippen LogP contribution is 2.28. The van der Waals surface area contributed by atoms with Gasteiger partial charge in [-0.3, -0.25) is 14.5 Å². The van der Waals surface area contributed by atoms with Crippen LogP contribution in [0.4, 0.5) is 4.39 Å². The Balaban J connectivity index is 0.000000243. The number of amides is 1. The van der Waals surface area contributed by atoms with Gasteiger partial charge in [0, 0.05) is 24.2 Å². The van der Waals surface area contributed by atoms with Crippen molar-refractivity contribution in [3.63, 3.8) is 0 Å². The van der Waals surface area contributed by atoms with Gasteiger partial charge < -0.3 is 5.32 Å². The van der Waals surface area contributed by atoms with Crippen molar-refractivity contribution < 1.29 is 14.0 Å². The maximum absolute atomic E-state index is 13.3. The molecule has 0 bridgehead atoms. The first-order valence-corrected chi connectivity index (χ1v) is 10.7. The van der Waals surface area contributed by atoms with Crippen LogP contribution in [0.2, 0.25) is 5.02 Å². The summed E-state index contributed by atoms with van der Waals surface area (Å²) in [5, 5.41) is 7.31. The molecule has 32 heavy (non-hydrogen) atoms. The number of fused-ring (bicyclic) bond motifs is 1. The van der Waals surface area contributed by atoms with Gasteiger partial charge in [-0.15, -0.1) is 0 Å². The predicted octanol–water partition coefficient (Wildman–Crippen LogP) is 3.95. The number of aromatic nitrogens is 3. The molecule has 9 heteroatoms. The minimum Gasteiger partial charge on any atom is -0.353 e. The van der Waals surface area contributed by atoms with Crippen molar-refractivity contribution in [3.8, 4) is 11.3 Å². The van der Waals surface area contributed by atoms with E-state index >= 15 is 0 Å². The molecule has 1 aliphatic heterocycles. The first-order valence-electron chi connectivity index (χ1n) is 10.3. The lowest BCUT2D eigenvalue weighted by molar-refractivity contribution is -0.133. The number of aldehydes is 1. The summed E-state index contributed by atoms with van der Waals surface area (Å²) in [6.07, 6.45) is 2.26. The minimum absolute atomic E-state index is 0.0460. The molecule has 7 nitrogen and oxygen atoms in total. The van der Waals surface area contributed by atoms with Gasteiger partial charge in [0.1, 0.15) is 11.5 Å². The minimum atomic E-state index is -0.471. The number of carbonyl (C=O) groups is 2. The molecule has 0 atom stereocenters. The summed E-state index contributed by atoms with van der Waals surface area (Å²) in [6, 6.07) is 6.36. The zero-order valence-corrected chi connectivity index (χ0v) is 19.6. The van der Waals surface area contributed by atoms with Gasteiger partial charge in [-0.25, -0.2) is 13.9 Å². The molecule has 0 unspecified atom stereocenters. The van der Waals surface area contributed by atoms with Gasteiger partial charge in [-0.05, 0) is 51.1 Å². The van der Waals surface area contributed by atoms with E-state index in [1.807, 2.05) is 40.8 Å². The van der Waals surface area contributed by atoms with Gasteiger partial charge in [0.15, 0.2) is 11.9 Å². The number of likely N-dealkylation sites (N-methyl/N-ethyl adjacent to an activating group) is 1. The maximum Gasteiger partial charge on any atom is 0.239 e. The molecule has 0 aliphatic carbocycles. The fourth-order valence-corrected chi connectivity index (χ4v) is 3.48. The van der Waals surface area contributed by atoms with E-state index in [2.05, 4.69) is 20.3 Å². The van der Waals surface area contributed by atoms with Crippen LogP contribution in [-0.4, -0.2) is 57.4 Å². The molecular weight excluding hydrogens is 433 g/mol. The molecule has 170 valence electrons. The monoisotopic (exact) mass is 459 g/mol. The lowest BCUT2D eigenvalue weighted by Gasteiger charge is -2.38. The third-order valence-electron chi connectivity index (χ3n) is 5.67. The number of rotatable bonds is 3. The topological polar surface area (TPSA) is 79.6 Å². The molecule has 0 saturated carbocycles. The summed E-state index contributed by atoms with van der Waals surface area (Å²) in [7, 11) is 1.97.